The molecule has 5 heteroatoms. The van der Waals surface area contributed by atoms with E-state index in [0.29, 0.717) is 17.2 Å². The summed E-state index contributed by atoms with van der Waals surface area (Å²) in [7, 11) is 0. The van der Waals surface area contributed by atoms with Crippen molar-refractivity contribution in [2.24, 2.45) is 0 Å². The number of hydrogen-bond acceptors (Lipinski definition) is 3. The molecule has 0 spiro atoms. The maximum absolute atomic E-state index is 12.3. The van der Waals surface area contributed by atoms with Crippen LogP contribution in [0.15, 0.2) is 114 Å². The molecular formula is C33H28BrClO3. The third-order valence-electron chi connectivity index (χ3n) is 5.96. The molecule has 0 fully saturated rings. The van der Waals surface area contributed by atoms with Crippen LogP contribution in [-0.2, 0) is 4.74 Å². The highest BCUT2D eigenvalue weighted by atomic mass is 79.9. The molecule has 0 saturated carbocycles. The average Bonchev–Trinajstić information content (AvgIpc) is 2.97. The van der Waals surface area contributed by atoms with Crippen LogP contribution in [0, 0.1) is 0 Å². The van der Waals surface area contributed by atoms with Gasteiger partial charge in [-0.3, -0.25) is 0 Å². The molecule has 38 heavy (non-hydrogen) atoms. The molecule has 3 nitrogen and oxygen atoms in total. The van der Waals surface area contributed by atoms with Crippen molar-refractivity contribution in [1.82, 2.24) is 0 Å². The van der Waals surface area contributed by atoms with E-state index >= 15 is 0 Å². The molecule has 4 aromatic carbocycles. The maximum atomic E-state index is 12.3. The molecule has 0 aliphatic rings. The standard InChI is InChI=1S/C33H28BrClO3/c34-21-19-25-11-13-29(14-12-25)33(36)38-24-23-37-30-17-15-28(16-18-30)32(27-9-5-2-6-10-27)31(20-22-35)26-7-3-1-4-8-26/h1-19,21H,20,22-24H2/b21-19+,32-31-. The first kappa shape index (κ1) is 27.4. The van der Waals surface area contributed by atoms with Crippen LogP contribution in [-0.4, -0.2) is 25.1 Å². The SMILES string of the molecule is O=C(OCCOc1ccc(/C(=C(/CCCl)c2ccccc2)c2ccccc2)cc1)c1ccc(/C=C/Br)cc1. The Morgan fingerprint density at radius 2 is 1.29 bits per heavy atom. The van der Waals surface area contributed by atoms with Crippen molar-refractivity contribution in [3.05, 3.63) is 142 Å². The zero-order chi connectivity index (χ0) is 26.6. The van der Waals surface area contributed by atoms with Crippen LogP contribution < -0.4 is 4.74 Å². The Bertz CT molecular complexity index is 1360. The first-order valence-corrected chi connectivity index (χ1v) is 13.8. The second-order valence-corrected chi connectivity index (χ2v) is 9.35. The van der Waals surface area contributed by atoms with Gasteiger partial charge in [-0.05, 0) is 75.1 Å². The van der Waals surface area contributed by atoms with Crippen LogP contribution in [0.1, 0.15) is 39.0 Å². The first-order chi connectivity index (χ1) is 18.7. The van der Waals surface area contributed by atoms with Crippen molar-refractivity contribution in [1.29, 1.82) is 0 Å². The molecule has 0 saturated heterocycles. The number of rotatable bonds is 11. The van der Waals surface area contributed by atoms with Crippen LogP contribution in [0.4, 0.5) is 0 Å². The van der Waals surface area contributed by atoms with Gasteiger partial charge in [0.05, 0.1) is 5.56 Å². The molecule has 0 aliphatic carbocycles. The van der Waals surface area contributed by atoms with Crippen LogP contribution >= 0.6 is 27.5 Å². The molecule has 0 N–H and O–H groups in total. The van der Waals surface area contributed by atoms with E-state index in [1.165, 1.54) is 5.57 Å². The van der Waals surface area contributed by atoms with Gasteiger partial charge in [-0.25, -0.2) is 4.79 Å². The van der Waals surface area contributed by atoms with E-state index in [2.05, 4.69) is 52.3 Å². The van der Waals surface area contributed by atoms with E-state index in [1.54, 1.807) is 17.1 Å². The zero-order valence-electron chi connectivity index (χ0n) is 20.9. The first-order valence-electron chi connectivity index (χ1n) is 12.4. The smallest absolute Gasteiger partial charge is 0.338 e. The average molecular weight is 588 g/mol. The number of ether oxygens (including phenoxy) is 2. The highest BCUT2D eigenvalue weighted by Gasteiger charge is 2.14. The van der Waals surface area contributed by atoms with Gasteiger partial charge < -0.3 is 9.47 Å². The fraction of sp³-hybridized carbons (Fsp3) is 0.121. The molecule has 4 rings (SSSR count). The fourth-order valence-corrected chi connectivity index (χ4v) is 4.66. The Kier molecular flexibility index (Phi) is 10.4. The molecule has 0 unspecified atom stereocenters. The molecule has 0 aliphatic heterocycles. The van der Waals surface area contributed by atoms with Crippen molar-refractivity contribution in [2.45, 2.75) is 6.42 Å². The predicted octanol–water partition coefficient (Wildman–Crippen LogP) is 8.88. The minimum atomic E-state index is -0.372. The van der Waals surface area contributed by atoms with Gasteiger partial charge in [0.1, 0.15) is 19.0 Å². The Labute approximate surface area is 237 Å². The highest BCUT2D eigenvalue weighted by Crippen LogP contribution is 2.35. The van der Waals surface area contributed by atoms with Crippen molar-refractivity contribution >= 4 is 50.7 Å². The summed E-state index contributed by atoms with van der Waals surface area (Å²) in [5, 5.41) is 0. The number of halogens is 2. The Morgan fingerprint density at radius 1 is 0.711 bits per heavy atom. The molecule has 4 aromatic rings. The molecule has 0 aromatic heterocycles. The summed E-state index contributed by atoms with van der Waals surface area (Å²) in [6.45, 7) is 0.422. The van der Waals surface area contributed by atoms with Crippen LogP contribution in [0.3, 0.4) is 0 Å². The van der Waals surface area contributed by atoms with Crippen LogP contribution in [0.25, 0.3) is 17.2 Å². The fourth-order valence-electron chi connectivity index (χ4n) is 4.17. The number of alkyl halides is 1. The van der Waals surface area contributed by atoms with E-state index in [4.69, 9.17) is 21.1 Å². The molecule has 0 amide bonds. The van der Waals surface area contributed by atoms with Gasteiger partial charge in [0.25, 0.3) is 0 Å². The summed E-state index contributed by atoms with van der Waals surface area (Å²) < 4.78 is 11.2. The predicted molar refractivity (Wildman–Crippen MR) is 161 cm³/mol. The normalized spacial score (nSPS) is 11.7. The molecule has 0 radical (unpaired) electrons. The summed E-state index contributed by atoms with van der Waals surface area (Å²) in [5.74, 6) is 0.865. The van der Waals surface area contributed by atoms with Crippen LogP contribution in [0.2, 0.25) is 0 Å². The largest absolute Gasteiger partial charge is 0.490 e. The minimum Gasteiger partial charge on any atom is -0.490 e. The topological polar surface area (TPSA) is 35.5 Å². The van der Waals surface area contributed by atoms with Crippen molar-refractivity contribution < 1.29 is 14.3 Å². The lowest BCUT2D eigenvalue weighted by atomic mass is 9.88. The van der Waals surface area contributed by atoms with E-state index < -0.39 is 0 Å². The number of carbonyl (C=O) groups excluding carboxylic acids is 1. The van der Waals surface area contributed by atoms with Gasteiger partial charge in [0.15, 0.2) is 0 Å². The van der Waals surface area contributed by atoms with Gasteiger partial charge in [-0.2, -0.15) is 0 Å². The van der Waals surface area contributed by atoms with E-state index in [9.17, 15) is 4.79 Å². The van der Waals surface area contributed by atoms with E-state index in [1.807, 2.05) is 66.7 Å². The lowest BCUT2D eigenvalue weighted by Gasteiger charge is -2.17. The van der Waals surface area contributed by atoms with Gasteiger partial charge in [0, 0.05) is 5.88 Å². The maximum Gasteiger partial charge on any atom is 0.338 e. The summed E-state index contributed by atoms with van der Waals surface area (Å²) in [4.78, 5) is 14.1. The number of allylic oxidation sites excluding steroid dienone is 1. The van der Waals surface area contributed by atoms with Crippen molar-refractivity contribution in [3.8, 4) is 5.75 Å². The van der Waals surface area contributed by atoms with Crippen molar-refractivity contribution in [2.75, 3.05) is 19.1 Å². The number of hydrogen-bond donors (Lipinski definition) is 0. The third kappa shape index (κ3) is 7.47. The molecule has 0 heterocycles. The van der Waals surface area contributed by atoms with E-state index in [-0.39, 0.29) is 19.2 Å². The lowest BCUT2D eigenvalue weighted by molar-refractivity contribution is 0.0450. The number of carbonyl (C=O) groups is 1. The van der Waals surface area contributed by atoms with Gasteiger partial charge in [-0.1, -0.05) is 101 Å². The van der Waals surface area contributed by atoms with Gasteiger partial charge in [0.2, 0.25) is 0 Å². The molecular weight excluding hydrogens is 560 g/mol. The lowest BCUT2D eigenvalue weighted by Crippen LogP contribution is -2.12. The Hall–Kier alpha value is -3.60. The quantitative estimate of drug-likeness (QED) is 0.0761. The molecule has 192 valence electrons. The summed E-state index contributed by atoms with van der Waals surface area (Å²) >= 11 is 9.49. The number of benzene rings is 4. The Balaban J connectivity index is 1.45. The number of esters is 1. The van der Waals surface area contributed by atoms with Gasteiger partial charge in [-0.15, -0.1) is 11.6 Å². The second kappa shape index (κ2) is 14.4. The minimum absolute atomic E-state index is 0.159. The summed E-state index contributed by atoms with van der Waals surface area (Å²) in [5.41, 5.74) is 7.22. The highest BCUT2D eigenvalue weighted by molar-refractivity contribution is 9.11. The summed E-state index contributed by atoms with van der Waals surface area (Å²) in [6.07, 6.45) is 2.64. The Morgan fingerprint density at radius 3 is 1.89 bits per heavy atom. The molecule has 0 atom stereocenters. The zero-order valence-corrected chi connectivity index (χ0v) is 23.2. The third-order valence-corrected chi connectivity index (χ3v) is 6.41. The monoisotopic (exact) mass is 586 g/mol. The molecule has 0 bridgehead atoms. The van der Waals surface area contributed by atoms with Crippen molar-refractivity contribution in [3.63, 3.8) is 0 Å². The summed E-state index contributed by atoms with van der Waals surface area (Å²) in [6, 6.07) is 35.9. The van der Waals surface area contributed by atoms with Gasteiger partial charge >= 0.3 is 5.97 Å². The van der Waals surface area contributed by atoms with E-state index in [0.717, 1.165) is 34.2 Å². The second-order valence-electron chi connectivity index (χ2n) is 8.45. The van der Waals surface area contributed by atoms with Crippen LogP contribution in [0.5, 0.6) is 5.75 Å².